The van der Waals surface area contributed by atoms with Crippen molar-refractivity contribution >= 4 is 5.97 Å². The van der Waals surface area contributed by atoms with Gasteiger partial charge in [-0.25, -0.2) is 0 Å². The molecule has 2 heterocycles. The SMILES string of the molecule is CC(=O)O[C@H]1CC[C@H]2[C@@H]3CC[C@@]45O[C@@H]4c4oncc4C[C@]5(C)[C@H]3CC[C@]12C. The van der Waals surface area contributed by atoms with Crippen molar-refractivity contribution in [2.24, 2.45) is 28.6 Å². The van der Waals surface area contributed by atoms with Crippen molar-refractivity contribution in [3.05, 3.63) is 17.5 Å². The van der Waals surface area contributed by atoms with E-state index in [9.17, 15) is 4.79 Å². The third-order valence-corrected chi connectivity index (χ3v) is 9.46. The average molecular weight is 371 g/mol. The van der Waals surface area contributed by atoms with Crippen LogP contribution in [0, 0.1) is 28.6 Å². The summed E-state index contributed by atoms with van der Waals surface area (Å²) in [5.41, 5.74) is 1.55. The largest absolute Gasteiger partial charge is 0.462 e. The molecule has 0 amide bonds. The molecule has 4 fully saturated rings. The van der Waals surface area contributed by atoms with E-state index in [-0.39, 0.29) is 34.6 Å². The van der Waals surface area contributed by atoms with E-state index in [2.05, 4.69) is 19.0 Å². The lowest BCUT2D eigenvalue weighted by atomic mass is 9.45. The van der Waals surface area contributed by atoms with E-state index in [1.54, 1.807) is 6.92 Å². The molecule has 6 rings (SSSR count). The van der Waals surface area contributed by atoms with Crippen LogP contribution >= 0.6 is 0 Å². The van der Waals surface area contributed by atoms with Gasteiger partial charge in [-0.3, -0.25) is 4.79 Å². The highest BCUT2D eigenvalue weighted by atomic mass is 16.6. The summed E-state index contributed by atoms with van der Waals surface area (Å²) in [5.74, 6) is 2.91. The van der Waals surface area contributed by atoms with Gasteiger partial charge in [-0.15, -0.1) is 0 Å². The number of nitrogens with zero attached hydrogens (tertiary/aromatic N) is 1. The van der Waals surface area contributed by atoms with Crippen molar-refractivity contribution in [1.29, 1.82) is 0 Å². The highest BCUT2D eigenvalue weighted by Crippen LogP contribution is 2.75. The second kappa shape index (κ2) is 4.97. The first-order chi connectivity index (χ1) is 12.9. The maximum atomic E-state index is 11.6. The summed E-state index contributed by atoms with van der Waals surface area (Å²) in [6, 6.07) is 0. The number of hydrogen-bond acceptors (Lipinski definition) is 5. The number of rotatable bonds is 1. The van der Waals surface area contributed by atoms with E-state index < -0.39 is 0 Å². The Morgan fingerprint density at radius 1 is 1.19 bits per heavy atom. The zero-order valence-electron chi connectivity index (χ0n) is 16.5. The molecule has 146 valence electrons. The summed E-state index contributed by atoms with van der Waals surface area (Å²) in [4.78, 5) is 11.6. The molecule has 5 nitrogen and oxygen atoms in total. The van der Waals surface area contributed by atoms with Crippen LogP contribution in [-0.4, -0.2) is 22.8 Å². The van der Waals surface area contributed by atoms with Gasteiger partial charge >= 0.3 is 5.97 Å². The van der Waals surface area contributed by atoms with E-state index in [1.165, 1.54) is 24.8 Å². The summed E-state index contributed by atoms with van der Waals surface area (Å²) in [6.45, 7) is 6.41. The molecule has 0 N–H and O–H groups in total. The number of fused-ring (bicyclic) bond motifs is 6. The van der Waals surface area contributed by atoms with Crippen LogP contribution in [0.15, 0.2) is 10.7 Å². The van der Waals surface area contributed by atoms with Crippen LogP contribution in [0.3, 0.4) is 0 Å². The lowest BCUT2D eigenvalue weighted by Gasteiger charge is -2.58. The molecule has 5 aliphatic rings. The van der Waals surface area contributed by atoms with Crippen LogP contribution in [0.2, 0.25) is 0 Å². The quantitative estimate of drug-likeness (QED) is 0.546. The van der Waals surface area contributed by atoms with Gasteiger partial charge in [0, 0.05) is 23.3 Å². The first kappa shape index (κ1) is 16.6. The van der Waals surface area contributed by atoms with Gasteiger partial charge in [0.25, 0.3) is 0 Å². The van der Waals surface area contributed by atoms with Gasteiger partial charge in [-0.2, -0.15) is 0 Å². The van der Waals surface area contributed by atoms with Gasteiger partial charge in [-0.1, -0.05) is 19.0 Å². The Morgan fingerprint density at radius 2 is 2.04 bits per heavy atom. The molecule has 8 atom stereocenters. The lowest BCUT2D eigenvalue weighted by molar-refractivity contribution is -0.160. The lowest BCUT2D eigenvalue weighted by Crippen LogP contribution is -2.57. The predicted molar refractivity (Wildman–Crippen MR) is 96.7 cm³/mol. The minimum Gasteiger partial charge on any atom is -0.462 e. The number of epoxide rings is 1. The van der Waals surface area contributed by atoms with Crippen molar-refractivity contribution in [3.63, 3.8) is 0 Å². The molecule has 0 unspecified atom stereocenters. The van der Waals surface area contributed by atoms with Crippen LogP contribution in [-0.2, 0) is 20.7 Å². The van der Waals surface area contributed by atoms with Crippen molar-refractivity contribution in [1.82, 2.24) is 5.16 Å². The topological polar surface area (TPSA) is 64.9 Å². The van der Waals surface area contributed by atoms with Crippen molar-refractivity contribution < 1.29 is 18.8 Å². The fourth-order valence-corrected chi connectivity index (χ4v) is 8.17. The predicted octanol–water partition coefficient (Wildman–Crippen LogP) is 4.22. The summed E-state index contributed by atoms with van der Waals surface area (Å²) in [5, 5.41) is 4.07. The minimum absolute atomic E-state index is 0.0255. The number of carbonyl (C=O) groups excluding carboxylic acids is 1. The third kappa shape index (κ3) is 1.85. The van der Waals surface area contributed by atoms with Crippen LogP contribution in [0.25, 0.3) is 0 Å². The van der Waals surface area contributed by atoms with Gasteiger partial charge in [0.05, 0.1) is 6.20 Å². The number of esters is 1. The fraction of sp³-hybridized carbons (Fsp3) is 0.818. The Bertz CT molecular complexity index is 819. The highest BCUT2D eigenvalue weighted by Gasteiger charge is 2.76. The molecule has 5 heteroatoms. The summed E-state index contributed by atoms with van der Waals surface area (Å²) in [6.07, 6.45) is 10.1. The average Bonchev–Trinajstić information content (AvgIpc) is 3.03. The molecule has 1 aromatic rings. The molecular formula is C22H29NO4. The molecule has 1 saturated heterocycles. The maximum absolute atomic E-state index is 11.6. The van der Waals surface area contributed by atoms with E-state index in [4.69, 9.17) is 14.0 Å². The number of aromatic nitrogens is 1. The van der Waals surface area contributed by atoms with Crippen LogP contribution in [0.5, 0.6) is 0 Å². The smallest absolute Gasteiger partial charge is 0.302 e. The van der Waals surface area contributed by atoms with Gasteiger partial charge in [0.15, 0.2) is 5.76 Å². The number of ether oxygens (including phenoxy) is 2. The van der Waals surface area contributed by atoms with Crippen molar-refractivity contribution in [2.45, 2.75) is 83.5 Å². The monoisotopic (exact) mass is 371 g/mol. The Hall–Kier alpha value is -1.36. The molecule has 3 saturated carbocycles. The molecule has 4 aliphatic carbocycles. The van der Waals surface area contributed by atoms with E-state index in [0.29, 0.717) is 17.8 Å². The second-order valence-electron chi connectivity index (χ2n) is 10.3. The van der Waals surface area contributed by atoms with Crippen LogP contribution in [0.4, 0.5) is 0 Å². The van der Waals surface area contributed by atoms with E-state index in [1.807, 2.05) is 6.20 Å². The van der Waals surface area contributed by atoms with Crippen LogP contribution < -0.4 is 0 Å². The molecule has 1 aliphatic heterocycles. The fourth-order valence-electron chi connectivity index (χ4n) is 8.17. The van der Waals surface area contributed by atoms with E-state index >= 15 is 0 Å². The standard InChI is InChI=1S/C22H29NO4/c1-12(24)25-17-5-4-15-14-6-9-22-19(26-22)18-13(11-23-27-18)10-21(22,3)16(14)7-8-20(15,17)2/h11,14-17,19H,4-10H2,1-3H3/t14-,15-,16-,17-,19+,20-,21+,22+/m0/s1. The molecular weight excluding hydrogens is 342 g/mol. The maximum Gasteiger partial charge on any atom is 0.302 e. The van der Waals surface area contributed by atoms with Gasteiger partial charge in [-0.05, 0) is 62.7 Å². The summed E-state index contributed by atoms with van der Waals surface area (Å²) >= 11 is 0. The zero-order valence-corrected chi connectivity index (χ0v) is 16.5. The van der Waals surface area contributed by atoms with Crippen molar-refractivity contribution in [2.75, 3.05) is 0 Å². The molecule has 27 heavy (non-hydrogen) atoms. The Balaban J connectivity index is 1.35. The van der Waals surface area contributed by atoms with E-state index in [0.717, 1.165) is 31.4 Å². The van der Waals surface area contributed by atoms with Crippen molar-refractivity contribution in [3.8, 4) is 0 Å². The Morgan fingerprint density at radius 3 is 2.85 bits per heavy atom. The minimum atomic E-state index is -0.125. The van der Waals surface area contributed by atoms with Gasteiger partial charge in [0.1, 0.15) is 17.8 Å². The number of carbonyl (C=O) groups is 1. The Kier molecular flexibility index (Phi) is 3.05. The molecule has 0 radical (unpaired) electrons. The van der Waals surface area contributed by atoms with Gasteiger partial charge < -0.3 is 14.0 Å². The summed E-state index contributed by atoms with van der Waals surface area (Å²) in [7, 11) is 0. The zero-order chi connectivity index (χ0) is 18.6. The third-order valence-electron chi connectivity index (χ3n) is 9.46. The van der Waals surface area contributed by atoms with Gasteiger partial charge in [0.2, 0.25) is 0 Å². The second-order valence-corrected chi connectivity index (χ2v) is 10.3. The highest BCUT2D eigenvalue weighted by molar-refractivity contribution is 5.66. The normalized spacial score (nSPS) is 52.0. The molecule has 1 spiro atoms. The molecule has 1 aromatic heterocycles. The Labute approximate surface area is 160 Å². The number of hydrogen-bond donors (Lipinski definition) is 0. The first-order valence-corrected chi connectivity index (χ1v) is 10.7. The molecule has 0 aromatic carbocycles. The van der Waals surface area contributed by atoms with Crippen LogP contribution in [0.1, 0.15) is 76.7 Å². The molecule has 0 bridgehead atoms. The summed E-state index contributed by atoms with van der Waals surface area (Å²) < 4.78 is 17.7. The first-order valence-electron chi connectivity index (χ1n) is 10.7.